The minimum Gasteiger partial charge on any atom is -0.507 e. The molecule has 0 saturated carbocycles. The summed E-state index contributed by atoms with van der Waals surface area (Å²) >= 11 is 3.17. The number of hydrogen-bond donors (Lipinski definition) is 1. The van der Waals surface area contributed by atoms with Crippen molar-refractivity contribution in [2.45, 2.75) is 6.92 Å². The second-order valence-electron chi connectivity index (χ2n) is 2.18. The molecule has 0 unspecified atom stereocenters. The third-order valence-electron chi connectivity index (χ3n) is 1.24. The van der Waals surface area contributed by atoms with Gasteiger partial charge in [0.25, 0.3) is 0 Å². The van der Waals surface area contributed by atoms with Crippen molar-refractivity contribution in [2.75, 3.05) is 0 Å². The van der Waals surface area contributed by atoms with E-state index in [9.17, 15) is 0 Å². The Morgan fingerprint density at radius 1 is 1.50 bits per heavy atom. The fourth-order valence-electron chi connectivity index (χ4n) is 0.761. The molecule has 1 aromatic rings. The normalized spacial score (nSPS) is 9.80. The van der Waals surface area contributed by atoms with E-state index in [-0.39, 0.29) is 5.75 Å². The molecule has 0 aliphatic heterocycles. The van der Waals surface area contributed by atoms with E-state index < -0.39 is 0 Å². The van der Waals surface area contributed by atoms with Crippen molar-refractivity contribution in [1.29, 1.82) is 0 Å². The lowest BCUT2D eigenvalue weighted by Gasteiger charge is -2.02. The first-order valence-corrected chi connectivity index (χ1v) is 3.65. The Bertz CT molecular complexity index is 237. The van der Waals surface area contributed by atoms with Gasteiger partial charge in [-0.15, -0.1) is 0 Å². The topological polar surface area (TPSA) is 20.2 Å². The van der Waals surface area contributed by atoms with Crippen LogP contribution in [0.4, 0.5) is 0 Å². The van der Waals surface area contributed by atoms with E-state index in [0.29, 0.717) is 9.94 Å². The van der Waals surface area contributed by atoms with Crippen molar-refractivity contribution in [1.82, 2.24) is 0 Å². The molecule has 0 heterocycles. The molecule has 0 bridgehead atoms. The molecule has 0 aliphatic rings. The fourth-order valence-corrected chi connectivity index (χ4v) is 1.35. The minimum atomic E-state index is 0.116. The molecular weight excluding hydrogens is 191 g/mol. The number of benzene rings is 1. The zero-order valence-electron chi connectivity index (χ0n) is 5.56. The highest BCUT2D eigenvalue weighted by Crippen LogP contribution is 2.21. The van der Waals surface area contributed by atoms with Crippen molar-refractivity contribution in [2.24, 2.45) is 0 Å². The molecular formula is C7H6BBrO. The summed E-state index contributed by atoms with van der Waals surface area (Å²) in [6.45, 7) is 1.92. The van der Waals surface area contributed by atoms with E-state index >= 15 is 0 Å². The summed E-state index contributed by atoms with van der Waals surface area (Å²) in [5.41, 5.74) is 1.44. The standard InChI is InChI=1S/C7H6BBrO/c1-4-2-5(8)7(10)6(9)3-4/h2-3,10H,1H3. The van der Waals surface area contributed by atoms with Crippen molar-refractivity contribution in [3.8, 4) is 5.75 Å². The third kappa shape index (κ3) is 1.35. The van der Waals surface area contributed by atoms with Crippen molar-refractivity contribution < 1.29 is 5.11 Å². The van der Waals surface area contributed by atoms with E-state index in [1.807, 2.05) is 13.0 Å². The van der Waals surface area contributed by atoms with Gasteiger partial charge in [0, 0.05) is 0 Å². The average Bonchev–Trinajstić information content (AvgIpc) is 1.82. The van der Waals surface area contributed by atoms with Gasteiger partial charge in [-0.25, -0.2) is 0 Å². The first kappa shape index (κ1) is 7.67. The molecule has 10 heavy (non-hydrogen) atoms. The molecule has 0 atom stereocenters. The van der Waals surface area contributed by atoms with Crippen LogP contribution in [0.3, 0.4) is 0 Å². The summed E-state index contributed by atoms with van der Waals surface area (Å²) in [5, 5.41) is 9.16. The molecule has 0 amide bonds. The molecule has 2 radical (unpaired) electrons. The lowest BCUT2D eigenvalue weighted by atomic mass is 9.93. The SMILES string of the molecule is [B]c1cc(C)cc(Br)c1O. The summed E-state index contributed by atoms with van der Waals surface area (Å²) < 4.78 is 0.644. The lowest BCUT2D eigenvalue weighted by molar-refractivity contribution is 0.476. The van der Waals surface area contributed by atoms with Gasteiger partial charge in [0.2, 0.25) is 0 Å². The average molecular weight is 197 g/mol. The molecule has 50 valence electrons. The van der Waals surface area contributed by atoms with Crippen LogP contribution in [0.15, 0.2) is 16.6 Å². The maximum Gasteiger partial charge on any atom is 0.122 e. The molecule has 0 spiro atoms. The van der Waals surface area contributed by atoms with Crippen LogP contribution in [-0.4, -0.2) is 13.0 Å². The number of phenols is 1. The molecule has 1 aromatic carbocycles. The largest absolute Gasteiger partial charge is 0.507 e. The Kier molecular flexibility index (Phi) is 2.04. The first-order valence-electron chi connectivity index (χ1n) is 2.86. The number of aromatic hydroxyl groups is 1. The zero-order chi connectivity index (χ0) is 7.72. The van der Waals surface area contributed by atoms with E-state index in [4.69, 9.17) is 13.0 Å². The molecule has 0 aliphatic carbocycles. The second kappa shape index (κ2) is 2.66. The monoisotopic (exact) mass is 196 g/mol. The Labute approximate surface area is 69.6 Å². The van der Waals surface area contributed by atoms with Crippen molar-refractivity contribution in [3.05, 3.63) is 22.2 Å². The van der Waals surface area contributed by atoms with Crippen LogP contribution in [-0.2, 0) is 0 Å². The fraction of sp³-hybridized carbons (Fsp3) is 0.143. The quantitative estimate of drug-likeness (QED) is 0.620. The molecule has 1 N–H and O–H groups in total. The van der Waals surface area contributed by atoms with Gasteiger partial charge in [0.05, 0.1) is 4.47 Å². The van der Waals surface area contributed by atoms with Crippen LogP contribution >= 0.6 is 15.9 Å². The predicted molar refractivity (Wildman–Crippen MR) is 45.9 cm³/mol. The maximum atomic E-state index is 9.16. The summed E-state index contributed by atoms with van der Waals surface area (Å²) in [6.07, 6.45) is 0. The van der Waals surface area contributed by atoms with Gasteiger partial charge in [0.15, 0.2) is 0 Å². The van der Waals surface area contributed by atoms with Crippen LogP contribution in [0.5, 0.6) is 5.75 Å². The molecule has 0 fully saturated rings. The summed E-state index contributed by atoms with van der Waals surface area (Å²) in [6, 6.07) is 3.53. The van der Waals surface area contributed by atoms with Gasteiger partial charge >= 0.3 is 0 Å². The van der Waals surface area contributed by atoms with Crippen LogP contribution in [0.1, 0.15) is 5.56 Å². The maximum absolute atomic E-state index is 9.16. The number of aryl methyl sites for hydroxylation is 1. The second-order valence-corrected chi connectivity index (χ2v) is 3.04. The van der Waals surface area contributed by atoms with Crippen molar-refractivity contribution in [3.63, 3.8) is 0 Å². The number of halogens is 1. The number of hydrogen-bond acceptors (Lipinski definition) is 1. The summed E-state index contributed by atoms with van der Waals surface area (Å²) in [7, 11) is 5.44. The van der Waals surface area contributed by atoms with Crippen LogP contribution < -0.4 is 5.46 Å². The van der Waals surface area contributed by atoms with E-state index in [0.717, 1.165) is 5.56 Å². The van der Waals surface area contributed by atoms with E-state index in [2.05, 4.69) is 15.9 Å². The molecule has 0 saturated heterocycles. The Morgan fingerprint density at radius 2 is 2.10 bits per heavy atom. The van der Waals surface area contributed by atoms with Gasteiger partial charge < -0.3 is 5.11 Å². The zero-order valence-corrected chi connectivity index (χ0v) is 7.14. The molecule has 1 rings (SSSR count). The highest BCUT2D eigenvalue weighted by Gasteiger charge is 2.00. The van der Waals surface area contributed by atoms with Crippen LogP contribution in [0, 0.1) is 6.92 Å². The Balaban J connectivity index is 3.31. The highest BCUT2D eigenvalue weighted by atomic mass is 79.9. The van der Waals surface area contributed by atoms with Gasteiger partial charge in [0.1, 0.15) is 13.6 Å². The third-order valence-corrected chi connectivity index (χ3v) is 1.84. The Hall–Kier alpha value is -0.435. The van der Waals surface area contributed by atoms with E-state index in [1.54, 1.807) is 6.07 Å². The van der Waals surface area contributed by atoms with Gasteiger partial charge in [-0.3, -0.25) is 0 Å². The van der Waals surface area contributed by atoms with E-state index in [1.165, 1.54) is 0 Å². The van der Waals surface area contributed by atoms with Crippen LogP contribution in [0.25, 0.3) is 0 Å². The number of rotatable bonds is 0. The summed E-state index contributed by atoms with van der Waals surface area (Å²) in [5.74, 6) is 0.116. The van der Waals surface area contributed by atoms with Gasteiger partial charge in [-0.05, 0) is 28.9 Å². The Morgan fingerprint density at radius 3 is 2.60 bits per heavy atom. The molecule has 3 heteroatoms. The van der Waals surface area contributed by atoms with Gasteiger partial charge in [-0.1, -0.05) is 17.1 Å². The molecule has 0 aromatic heterocycles. The van der Waals surface area contributed by atoms with Gasteiger partial charge in [-0.2, -0.15) is 0 Å². The first-order chi connectivity index (χ1) is 4.61. The summed E-state index contributed by atoms with van der Waals surface area (Å²) in [4.78, 5) is 0. The highest BCUT2D eigenvalue weighted by molar-refractivity contribution is 9.10. The number of phenolic OH excluding ortho intramolecular Hbond substituents is 1. The smallest absolute Gasteiger partial charge is 0.122 e. The van der Waals surface area contributed by atoms with Crippen LogP contribution in [0.2, 0.25) is 0 Å². The molecule has 1 nitrogen and oxygen atoms in total. The minimum absolute atomic E-state index is 0.116. The lowest BCUT2D eigenvalue weighted by Crippen LogP contribution is -2.03. The van der Waals surface area contributed by atoms with Crippen molar-refractivity contribution >= 4 is 29.2 Å². The predicted octanol–water partition coefficient (Wildman–Crippen LogP) is 1.26.